The van der Waals surface area contributed by atoms with Gasteiger partial charge < -0.3 is 33.5 Å². The van der Waals surface area contributed by atoms with E-state index in [1.54, 1.807) is 12.1 Å². The maximum absolute atomic E-state index is 11.7. The summed E-state index contributed by atoms with van der Waals surface area (Å²) in [6, 6.07) is 71.9. The number of aryl methyl sites for hydroxylation is 2. The Balaban J connectivity index is 0.000000262. The van der Waals surface area contributed by atoms with Crippen LogP contribution < -0.4 is 49.4 Å². The van der Waals surface area contributed by atoms with Crippen molar-refractivity contribution in [1.29, 1.82) is 0 Å². The first-order valence-electron chi connectivity index (χ1n) is 32.4. The van der Waals surface area contributed by atoms with Gasteiger partial charge in [0.2, 0.25) is 11.4 Å². The van der Waals surface area contributed by atoms with Gasteiger partial charge in [0.05, 0.1) is 32.1 Å². The monoisotopic (exact) mass is 1400 g/mol. The number of nitrogens with zero attached hydrogens (tertiary/aromatic N) is 4. The smallest absolute Gasteiger partial charge is 0.748 e. The molecule has 0 amide bonds. The summed E-state index contributed by atoms with van der Waals surface area (Å²) in [5.41, 5.74) is 23.6. The Kier molecular flexibility index (Phi) is 26.3. The molecular weight excluding hydrogens is 1320 g/mol. The molecule has 9 aromatic rings. The number of hydrogen-bond donors (Lipinski definition) is 1. The molecule has 9 aromatic carbocycles. The van der Waals surface area contributed by atoms with Crippen LogP contribution >= 0.6 is 0 Å². The standard InChI is InChI=1S/C47H49N3O7S2.C33H31N2.CH4O3S.Na/c1-6-49(31-35-11-9-13-43(29-35)58(51,52)53)40-21-25-45(33(4)27-40)47(37-15-17-38(18-16-37)48-39-19-23-42(24-20-39)57-8-3)46-26-22-41(28-34(46)5)50(7-2)32-36-12-10-14-44(30-36)59(54,55)56;1-24-14-16-26(17-15-24)32(27-18-21-28(22-19-27)34(2)3)33-30-13-9-8-10-25(30)20-23-31(33)35(4)29-11-6-5-7-12-29;1-5(2,3)4;/h9-30H,6-8,31-32H2,1-5H3,(H2,51,52,53,54,55,56);5-23H,1-4H3;1H3,(H,2,3,4);/q;+1;;+1/p-2. The zero-order valence-electron chi connectivity index (χ0n) is 58.3. The van der Waals surface area contributed by atoms with E-state index in [0.717, 1.165) is 78.7 Å². The zero-order chi connectivity index (χ0) is 71.2. The molecule has 100 heavy (non-hydrogen) atoms. The van der Waals surface area contributed by atoms with Crippen molar-refractivity contribution in [3.63, 3.8) is 0 Å². The molecule has 0 atom stereocenters. The summed E-state index contributed by atoms with van der Waals surface area (Å²) in [5, 5.41) is 3.48. The summed E-state index contributed by atoms with van der Waals surface area (Å²) in [5.74, 6) is 0.812. The van der Waals surface area contributed by atoms with E-state index in [-0.39, 0.29) is 39.3 Å². The molecular formula is C81H82N5NaO10S3. The topological polar surface area (TPSA) is 205 Å². The number of anilines is 4. The fourth-order valence-corrected chi connectivity index (χ4v) is 13.0. The summed E-state index contributed by atoms with van der Waals surface area (Å²) in [6.07, 6.45) is 11.4. The molecule has 0 bridgehead atoms. The first-order valence-corrected chi connectivity index (χ1v) is 37.0. The van der Waals surface area contributed by atoms with Crippen molar-refractivity contribution in [2.75, 3.05) is 62.2 Å². The molecule has 1 N–H and O–H groups in total. The second-order valence-electron chi connectivity index (χ2n) is 24.2. The SMILES string of the molecule is CCOc1ccc(Nc2ccc(C(=C3C=CC(=[N+](CC)Cc4cccc(S(=O)(=O)[O-])c4)C=C3C)c3ccc(N(CC)Cc4cccc(S(=O)(=O)[O-])c4)cc3C)cc2)cc1.CS(=O)(=O)[O-].Cc1ccc(C(=C2C(=[N+](C)c3ccccc3)C=Cc3ccccc32)c2ccc(N(C)C)cc2)cc1.[Na+]. The van der Waals surface area contributed by atoms with E-state index >= 15 is 0 Å². The molecule has 0 saturated heterocycles. The van der Waals surface area contributed by atoms with E-state index in [0.29, 0.717) is 39.0 Å². The quantitative estimate of drug-likeness (QED) is 0.0455. The van der Waals surface area contributed by atoms with Crippen LogP contribution in [0.1, 0.15) is 83.3 Å². The number of ether oxygens (including phenoxy) is 1. The van der Waals surface area contributed by atoms with E-state index in [2.05, 4.69) is 242 Å². The van der Waals surface area contributed by atoms with E-state index in [1.165, 1.54) is 74.6 Å². The van der Waals surface area contributed by atoms with E-state index in [1.807, 2.05) is 57.2 Å². The largest absolute Gasteiger partial charge is 1.00 e. The predicted octanol–water partition coefficient (Wildman–Crippen LogP) is 12.6. The van der Waals surface area contributed by atoms with Crippen LogP contribution in [0.15, 0.2) is 264 Å². The second kappa shape index (κ2) is 34.3. The van der Waals surface area contributed by atoms with Crippen molar-refractivity contribution in [2.24, 2.45) is 0 Å². The summed E-state index contributed by atoms with van der Waals surface area (Å²) in [4.78, 5) is 3.78. The van der Waals surface area contributed by atoms with Crippen molar-refractivity contribution < 1.29 is 82.4 Å². The van der Waals surface area contributed by atoms with Crippen molar-refractivity contribution in [3.8, 4) is 5.75 Å². The summed E-state index contributed by atoms with van der Waals surface area (Å²) in [6.45, 7) is 15.1. The van der Waals surface area contributed by atoms with Crippen LogP contribution in [0.3, 0.4) is 0 Å². The molecule has 0 aliphatic heterocycles. The van der Waals surface area contributed by atoms with Gasteiger partial charge in [0.15, 0.2) is 12.3 Å². The third-order valence-corrected chi connectivity index (χ3v) is 18.5. The van der Waals surface area contributed by atoms with Crippen LogP contribution in [-0.2, 0) is 43.4 Å². The first-order chi connectivity index (χ1) is 47.2. The predicted molar refractivity (Wildman–Crippen MR) is 399 cm³/mol. The molecule has 0 fully saturated rings. The number of allylic oxidation sites excluding steroid dienone is 7. The number of nitrogens with one attached hydrogen (secondary N) is 1. The molecule has 0 saturated carbocycles. The van der Waals surface area contributed by atoms with Crippen LogP contribution in [0.5, 0.6) is 5.75 Å². The molecule has 15 nitrogen and oxygen atoms in total. The zero-order valence-corrected chi connectivity index (χ0v) is 62.8. The molecule has 0 radical (unpaired) electrons. The van der Waals surface area contributed by atoms with Gasteiger partial charge in [-0.15, -0.1) is 0 Å². The van der Waals surface area contributed by atoms with E-state index < -0.39 is 30.4 Å². The molecule has 0 aromatic heterocycles. The molecule has 0 spiro atoms. The van der Waals surface area contributed by atoms with Crippen LogP contribution in [0, 0.1) is 13.8 Å². The fraction of sp³-hybridized carbons (Fsp3) is 0.185. The van der Waals surface area contributed by atoms with Crippen molar-refractivity contribution in [3.05, 3.63) is 309 Å². The number of benzene rings is 9. The van der Waals surface area contributed by atoms with Crippen LogP contribution in [-0.4, -0.2) is 107 Å². The number of rotatable bonds is 19. The van der Waals surface area contributed by atoms with Gasteiger partial charge in [-0.05, 0) is 200 Å². The first kappa shape index (κ1) is 76.7. The molecule has 0 unspecified atom stereocenters. The van der Waals surface area contributed by atoms with Crippen LogP contribution in [0.4, 0.5) is 28.4 Å². The van der Waals surface area contributed by atoms with Gasteiger partial charge in [0, 0.05) is 97.7 Å². The average molecular weight is 1400 g/mol. The Bertz CT molecular complexity index is 4980. The Labute approximate surface area is 612 Å². The third kappa shape index (κ3) is 20.3. The summed E-state index contributed by atoms with van der Waals surface area (Å²) in [7, 11) is -6.75. The molecule has 510 valence electrons. The Morgan fingerprint density at radius 1 is 0.560 bits per heavy atom. The molecule has 0 heterocycles. The van der Waals surface area contributed by atoms with Gasteiger partial charge in [0.1, 0.15) is 39.6 Å². The average Bonchev–Trinajstić information content (AvgIpc) is 0.761. The minimum Gasteiger partial charge on any atom is -0.748 e. The Morgan fingerprint density at radius 2 is 1.10 bits per heavy atom. The van der Waals surface area contributed by atoms with E-state index in [4.69, 9.17) is 17.7 Å². The molecule has 19 heteroatoms. The second-order valence-corrected chi connectivity index (χ2v) is 28.4. The van der Waals surface area contributed by atoms with Gasteiger partial charge in [-0.3, -0.25) is 0 Å². The molecule has 2 aliphatic carbocycles. The normalized spacial score (nSPS) is 14.7. The van der Waals surface area contributed by atoms with Crippen molar-refractivity contribution in [2.45, 2.75) is 64.4 Å². The van der Waals surface area contributed by atoms with Gasteiger partial charge in [0.25, 0.3) is 0 Å². The van der Waals surface area contributed by atoms with E-state index in [9.17, 15) is 25.9 Å². The minimum absolute atomic E-state index is 0. The summed E-state index contributed by atoms with van der Waals surface area (Å²) < 4.78 is 108. The van der Waals surface area contributed by atoms with Crippen molar-refractivity contribution >= 4 is 93.0 Å². The number of fused-ring (bicyclic) bond motifs is 1. The maximum atomic E-state index is 11.7. The van der Waals surface area contributed by atoms with Gasteiger partial charge in [-0.25, -0.2) is 29.8 Å². The van der Waals surface area contributed by atoms with Gasteiger partial charge >= 0.3 is 29.6 Å². The molecule has 2 aliphatic rings. The number of para-hydroxylation sites is 1. The van der Waals surface area contributed by atoms with Gasteiger partial charge in [-0.1, -0.05) is 127 Å². The third-order valence-electron chi connectivity index (χ3n) is 16.9. The summed E-state index contributed by atoms with van der Waals surface area (Å²) >= 11 is 0. The molecule has 11 rings (SSSR count). The van der Waals surface area contributed by atoms with Crippen LogP contribution in [0.2, 0.25) is 0 Å². The van der Waals surface area contributed by atoms with Crippen LogP contribution in [0.25, 0.3) is 22.8 Å². The number of hydrogen-bond acceptors (Lipinski definition) is 13. The fourth-order valence-electron chi connectivity index (χ4n) is 11.9. The van der Waals surface area contributed by atoms with Crippen molar-refractivity contribution in [1.82, 2.24) is 0 Å². The maximum Gasteiger partial charge on any atom is 1.00 e. The minimum atomic E-state index is -4.58. The van der Waals surface area contributed by atoms with Gasteiger partial charge in [-0.2, -0.15) is 4.58 Å². The Hall–Kier alpha value is -9.05. The Morgan fingerprint density at radius 3 is 1.66 bits per heavy atom.